The molecular formula is C4H8BNO2. The van der Waals surface area contributed by atoms with Gasteiger partial charge in [-0.15, -0.1) is 12.3 Å². The van der Waals surface area contributed by atoms with Crippen LogP contribution in [0.4, 0.5) is 0 Å². The Morgan fingerprint density at radius 2 is 2.25 bits per heavy atom. The first-order valence-electron chi connectivity index (χ1n) is 2.23. The van der Waals surface area contributed by atoms with Crippen LogP contribution in [0.5, 0.6) is 0 Å². The van der Waals surface area contributed by atoms with Crippen molar-refractivity contribution in [3.63, 3.8) is 0 Å². The molecule has 0 saturated carbocycles. The standard InChI is InChI=1S/C4H8BNO2/c1-2-3-4(6)5(7)8/h1,4,7-8H,3,6H2/t4-/m0/s1. The van der Waals surface area contributed by atoms with Crippen LogP contribution in [0.1, 0.15) is 6.42 Å². The molecule has 4 heteroatoms. The first-order valence-corrected chi connectivity index (χ1v) is 2.23. The fraction of sp³-hybridized carbons (Fsp3) is 0.500. The average Bonchev–Trinajstić information content (AvgIpc) is 1.67. The summed E-state index contributed by atoms with van der Waals surface area (Å²) in [5.41, 5.74) is 5.08. The van der Waals surface area contributed by atoms with Crippen molar-refractivity contribution < 1.29 is 10.0 Å². The van der Waals surface area contributed by atoms with Crippen LogP contribution in [0.3, 0.4) is 0 Å². The van der Waals surface area contributed by atoms with E-state index in [1.807, 2.05) is 0 Å². The summed E-state index contributed by atoms with van der Waals surface area (Å²) in [4.78, 5) is 0. The third kappa shape index (κ3) is 2.64. The van der Waals surface area contributed by atoms with Crippen molar-refractivity contribution >= 4 is 7.12 Å². The van der Waals surface area contributed by atoms with E-state index in [9.17, 15) is 0 Å². The molecule has 0 unspecified atom stereocenters. The van der Waals surface area contributed by atoms with Gasteiger partial charge in [-0.2, -0.15) is 0 Å². The van der Waals surface area contributed by atoms with Crippen molar-refractivity contribution in [2.24, 2.45) is 5.73 Å². The second-order valence-corrected chi connectivity index (χ2v) is 1.49. The lowest BCUT2D eigenvalue weighted by molar-refractivity contribution is 0.388. The highest BCUT2D eigenvalue weighted by Gasteiger charge is 2.16. The minimum Gasteiger partial charge on any atom is -0.426 e. The minimum absolute atomic E-state index is 0.192. The smallest absolute Gasteiger partial charge is 0.426 e. The van der Waals surface area contributed by atoms with E-state index in [-0.39, 0.29) is 6.42 Å². The molecule has 0 aromatic rings. The van der Waals surface area contributed by atoms with Crippen molar-refractivity contribution in [2.75, 3.05) is 0 Å². The quantitative estimate of drug-likeness (QED) is 0.297. The lowest BCUT2D eigenvalue weighted by Crippen LogP contribution is -2.38. The second kappa shape index (κ2) is 3.50. The molecule has 3 nitrogen and oxygen atoms in total. The molecule has 0 aromatic heterocycles. The summed E-state index contributed by atoms with van der Waals surface area (Å²) in [6, 6.07) is 0. The maximum absolute atomic E-state index is 8.29. The molecule has 0 fully saturated rings. The highest BCUT2D eigenvalue weighted by molar-refractivity contribution is 6.43. The van der Waals surface area contributed by atoms with Crippen LogP contribution in [-0.4, -0.2) is 23.1 Å². The summed E-state index contributed by atoms with van der Waals surface area (Å²) >= 11 is 0. The number of hydrogen-bond acceptors (Lipinski definition) is 3. The molecule has 0 amide bonds. The summed E-state index contributed by atoms with van der Waals surface area (Å²) in [7, 11) is -1.49. The monoisotopic (exact) mass is 113 g/mol. The van der Waals surface area contributed by atoms with Crippen LogP contribution in [-0.2, 0) is 0 Å². The number of hydrogen-bond donors (Lipinski definition) is 3. The Balaban J connectivity index is 3.35. The normalized spacial score (nSPS) is 12.2. The Kier molecular flexibility index (Phi) is 3.28. The van der Waals surface area contributed by atoms with Gasteiger partial charge in [0.2, 0.25) is 0 Å². The summed E-state index contributed by atoms with van der Waals surface area (Å²) in [5, 5.41) is 16.6. The number of terminal acetylenes is 1. The van der Waals surface area contributed by atoms with Gasteiger partial charge >= 0.3 is 7.12 Å². The van der Waals surface area contributed by atoms with Gasteiger partial charge in [0, 0.05) is 6.42 Å². The lowest BCUT2D eigenvalue weighted by atomic mass is 9.79. The van der Waals surface area contributed by atoms with Crippen molar-refractivity contribution in [3.05, 3.63) is 0 Å². The zero-order valence-corrected chi connectivity index (χ0v) is 4.41. The predicted octanol–water partition coefficient (Wildman–Crippen LogP) is -1.65. The Bertz CT molecular complexity index is 98.7. The van der Waals surface area contributed by atoms with Crippen LogP contribution in [0.2, 0.25) is 0 Å². The fourth-order valence-corrected chi connectivity index (χ4v) is 0.241. The molecule has 0 radical (unpaired) electrons. The van der Waals surface area contributed by atoms with Crippen LogP contribution < -0.4 is 5.73 Å². The average molecular weight is 113 g/mol. The van der Waals surface area contributed by atoms with Gasteiger partial charge in [-0.05, 0) is 0 Å². The van der Waals surface area contributed by atoms with Crippen LogP contribution >= 0.6 is 0 Å². The van der Waals surface area contributed by atoms with Crippen LogP contribution in [0.15, 0.2) is 0 Å². The Labute approximate surface area is 48.7 Å². The van der Waals surface area contributed by atoms with Gasteiger partial charge in [0.05, 0.1) is 5.94 Å². The van der Waals surface area contributed by atoms with E-state index >= 15 is 0 Å². The van der Waals surface area contributed by atoms with E-state index in [0.717, 1.165) is 0 Å². The topological polar surface area (TPSA) is 66.5 Å². The molecule has 0 aliphatic carbocycles. The van der Waals surface area contributed by atoms with Crippen molar-refractivity contribution in [1.29, 1.82) is 0 Å². The zero-order valence-electron chi connectivity index (χ0n) is 4.41. The van der Waals surface area contributed by atoms with Crippen molar-refractivity contribution in [1.82, 2.24) is 0 Å². The maximum atomic E-state index is 8.29. The molecule has 0 heterocycles. The predicted molar refractivity (Wildman–Crippen MR) is 31.6 cm³/mol. The van der Waals surface area contributed by atoms with E-state index < -0.39 is 13.1 Å². The Morgan fingerprint density at radius 3 is 2.38 bits per heavy atom. The molecule has 0 aromatic carbocycles. The minimum atomic E-state index is -1.49. The summed E-state index contributed by atoms with van der Waals surface area (Å²) < 4.78 is 0. The van der Waals surface area contributed by atoms with Gasteiger partial charge in [-0.3, -0.25) is 0 Å². The van der Waals surface area contributed by atoms with Crippen molar-refractivity contribution in [3.8, 4) is 12.3 Å². The third-order valence-electron chi connectivity index (χ3n) is 0.737. The third-order valence-corrected chi connectivity index (χ3v) is 0.737. The first kappa shape index (κ1) is 7.50. The molecule has 0 aliphatic heterocycles. The fourth-order valence-electron chi connectivity index (χ4n) is 0.241. The van der Waals surface area contributed by atoms with E-state index in [0.29, 0.717) is 0 Å². The Morgan fingerprint density at radius 1 is 1.75 bits per heavy atom. The molecule has 44 valence electrons. The molecule has 1 atom stereocenters. The molecule has 0 aliphatic rings. The van der Waals surface area contributed by atoms with E-state index in [4.69, 9.17) is 22.2 Å². The number of nitrogens with two attached hydrogens (primary N) is 1. The summed E-state index contributed by atoms with van der Waals surface area (Å²) in [5.74, 6) is 1.50. The molecule has 0 rings (SSSR count). The van der Waals surface area contributed by atoms with Gasteiger partial charge in [0.15, 0.2) is 0 Å². The molecular weight excluding hydrogens is 105 g/mol. The van der Waals surface area contributed by atoms with E-state index in [1.54, 1.807) is 0 Å². The van der Waals surface area contributed by atoms with Gasteiger partial charge in [0.1, 0.15) is 0 Å². The SMILES string of the molecule is C#CC[C@H](N)B(O)O. The van der Waals surface area contributed by atoms with Gasteiger partial charge in [-0.1, -0.05) is 0 Å². The van der Waals surface area contributed by atoms with E-state index in [2.05, 4.69) is 5.92 Å². The first-order chi connectivity index (χ1) is 3.68. The lowest BCUT2D eigenvalue weighted by Gasteiger charge is -2.02. The molecule has 0 spiro atoms. The summed E-state index contributed by atoms with van der Waals surface area (Å²) in [6.45, 7) is 0. The molecule has 8 heavy (non-hydrogen) atoms. The van der Waals surface area contributed by atoms with E-state index in [1.165, 1.54) is 0 Å². The van der Waals surface area contributed by atoms with Crippen molar-refractivity contribution in [2.45, 2.75) is 12.4 Å². The summed E-state index contributed by atoms with van der Waals surface area (Å²) in [6.07, 6.45) is 5.01. The highest BCUT2D eigenvalue weighted by Crippen LogP contribution is 1.84. The van der Waals surface area contributed by atoms with Gasteiger partial charge < -0.3 is 15.8 Å². The number of rotatable bonds is 2. The van der Waals surface area contributed by atoms with Crippen LogP contribution in [0.25, 0.3) is 0 Å². The second-order valence-electron chi connectivity index (χ2n) is 1.49. The largest absolute Gasteiger partial charge is 0.470 e. The molecule has 4 N–H and O–H groups in total. The van der Waals surface area contributed by atoms with Crippen LogP contribution in [0, 0.1) is 12.3 Å². The zero-order chi connectivity index (χ0) is 6.57. The highest BCUT2D eigenvalue weighted by atomic mass is 16.4. The van der Waals surface area contributed by atoms with Gasteiger partial charge in [0.25, 0.3) is 0 Å². The molecule has 0 saturated heterocycles. The Hall–Kier alpha value is -0.495. The molecule has 0 bridgehead atoms. The maximum Gasteiger partial charge on any atom is 0.470 e. The van der Waals surface area contributed by atoms with Gasteiger partial charge in [-0.25, -0.2) is 0 Å².